The first-order valence-electron chi connectivity index (χ1n) is 6.49. The number of carbonyl (C=O) groups excluding carboxylic acids is 1. The van der Waals surface area contributed by atoms with Crippen LogP contribution in [0.4, 0.5) is 0 Å². The average Bonchev–Trinajstić information content (AvgIpc) is 2.97. The van der Waals surface area contributed by atoms with E-state index in [4.69, 9.17) is 14.3 Å². The molecule has 1 fully saturated rings. The van der Waals surface area contributed by atoms with Gasteiger partial charge in [-0.1, -0.05) is 0 Å². The number of nitrogens with zero attached hydrogens (tertiary/aromatic N) is 1. The number of sulfonamides is 1. The van der Waals surface area contributed by atoms with Crippen LogP contribution in [0.25, 0.3) is 0 Å². The van der Waals surface area contributed by atoms with Crippen molar-refractivity contribution < 1.29 is 32.3 Å². The van der Waals surface area contributed by atoms with Gasteiger partial charge in [-0.3, -0.25) is 9.59 Å². The third-order valence-corrected chi connectivity index (χ3v) is 4.51. The van der Waals surface area contributed by atoms with Gasteiger partial charge in [0.25, 0.3) is 15.9 Å². The fourth-order valence-corrected chi connectivity index (χ4v) is 2.76. The van der Waals surface area contributed by atoms with Gasteiger partial charge in [-0.2, -0.15) is 0 Å². The molecule has 1 saturated heterocycles. The first-order valence-corrected chi connectivity index (χ1v) is 7.97. The van der Waals surface area contributed by atoms with E-state index in [1.807, 2.05) is 0 Å². The first-order chi connectivity index (χ1) is 10.3. The highest BCUT2D eigenvalue weighted by molar-refractivity contribution is 7.89. The van der Waals surface area contributed by atoms with Crippen LogP contribution in [0.2, 0.25) is 0 Å². The summed E-state index contributed by atoms with van der Waals surface area (Å²) in [6, 6.07) is 1.80. The summed E-state index contributed by atoms with van der Waals surface area (Å²) in [6.07, 6.45) is -0.256. The number of amides is 1. The van der Waals surface area contributed by atoms with Crippen molar-refractivity contribution in [3.05, 3.63) is 17.9 Å². The average molecular weight is 332 g/mol. The van der Waals surface area contributed by atoms with E-state index in [-0.39, 0.29) is 37.0 Å². The fraction of sp³-hybridized carbons (Fsp3) is 0.500. The van der Waals surface area contributed by atoms with Gasteiger partial charge in [0.15, 0.2) is 5.76 Å². The summed E-state index contributed by atoms with van der Waals surface area (Å²) in [5.74, 6) is -1.77. The van der Waals surface area contributed by atoms with Crippen LogP contribution in [0.15, 0.2) is 21.6 Å². The number of hydrogen-bond donors (Lipinski definition) is 2. The molecular formula is C12H16N2O7S. The summed E-state index contributed by atoms with van der Waals surface area (Å²) < 4.78 is 35.5. The molecule has 1 aromatic heterocycles. The van der Waals surface area contributed by atoms with Crippen LogP contribution >= 0.6 is 0 Å². The highest BCUT2D eigenvalue weighted by atomic mass is 32.2. The minimum atomic E-state index is -3.78. The number of rotatable bonds is 5. The lowest BCUT2D eigenvalue weighted by Crippen LogP contribution is -2.49. The van der Waals surface area contributed by atoms with Crippen LogP contribution in [-0.4, -0.2) is 63.1 Å². The van der Waals surface area contributed by atoms with Gasteiger partial charge in [-0.05, 0) is 19.2 Å². The molecule has 2 N–H and O–H groups in total. The van der Waals surface area contributed by atoms with Crippen molar-refractivity contribution in [2.75, 3.05) is 26.8 Å². The second kappa shape index (κ2) is 6.46. The summed E-state index contributed by atoms with van der Waals surface area (Å²) in [4.78, 5) is 24.6. The van der Waals surface area contributed by atoms with Gasteiger partial charge in [0.05, 0.1) is 25.7 Å². The molecule has 22 heavy (non-hydrogen) atoms. The van der Waals surface area contributed by atoms with Crippen LogP contribution in [0.5, 0.6) is 0 Å². The maximum atomic E-state index is 12.4. The Morgan fingerprint density at radius 3 is 2.82 bits per heavy atom. The van der Waals surface area contributed by atoms with Crippen molar-refractivity contribution in [2.45, 2.75) is 17.6 Å². The third-order valence-electron chi connectivity index (χ3n) is 3.22. The molecule has 0 aromatic carbocycles. The maximum absolute atomic E-state index is 12.4. The topological polar surface area (TPSA) is 126 Å². The second-order valence-electron chi connectivity index (χ2n) is 4.65. The number of carboxylic acids is 1. The van der Waals surface area contributed by atoms with Crippen molar-refractivity contribution in [3.63, 3.8) is 0 Å². The fourth-order valence-electron chi connectivity index (χ4n) is 2.11. The van der Waals surface area contributed by atoms with Crippen molar-refractivity contribution in [2.24, 2.45) is 0 Å². The molecule has 2 heterocycles. The van der Waals surface area contributed by atoms with Crippen molar-refractivity contribution in [1.82, 2.24) is 9.62 Å². The van der Waals surface area contributed by atoms with Gasteiger partial charge in [-0.25, -0.2) is 13.1 Å². The molecule has 1 amide bonds. The molecule has 0 bridgehead atoms. The van der Waals surface area contributed by atoms with Gasteiger partial charge < -0.3 is 19.2 Å². The van der Waals surface area contributed by atoms with Gasteiger partial charge in [0, 0.05) is 6.54 Å². The molecule has 1 aliphatic heterocycles. The van der Waals surface area contributed by atoms with Crippen molar-refractivity contribution >= 4 is 21.9 Å². The zero-order valence-electron chi connectivity index (χ0n) is 11.8. The lowest BCUT2D eigenvalue weighted by Gasteiger charge is -2.34. The standard InChI is InChI=1S/C12H16N2O7S/c1-13-22(18,19)11-3-2-9(21-11)12(17)14-4-5-20-7-8(14)6-10(15)16/h2-3,8,13H,4-7H2,1H3,(H,15,16). The smallest absolute Gasteiger partial charge is 0.305 e. The number of carboxylic acid groups (broad SMARTS) is 1. The Morgan fingerprint density at radius 1 is 1.45 bits per heavy atom. The summed E-state index contributed by atoms with van der Waals surface area (Å²) in [5, 5.41) is 8.50. The predicted molar refractivity (Wildman–Crippen MR) is 72.8 cm³/mol. The molecule has 0 radical (unpaired) electrons. The zero-order chi connectivity index (χ0) is 16.3. The van der Waals surface area contributed by atoms with E-state index in [9.17, 15) is 18.0 Å². The molecule has 1 unspecified atom stereocenters. The molecule has 0 spiro atoms. The highest BCUT2D eigenvalue weighted by Crippen LogP contribution is 2.19. The Labute approximate surface area is 126 Å². The lowest BCUT2D eigenvalue weighted by atomic mass is 10.1. The van der Waals surface area contributed by atoms with Crippen LogP contribution in [0.3, 0.4) is 0 Å². The molecule has 10 heteroatoms. The predicted octanol–water partition coefficient (Wildman–Crippen LogP) is -0.497. The Bertz CT molecular complexity index is 667. The van der Waals surface area contributed by atoms with E-state index in [1.165, 1.54) is 24.1 Å². The zero-order valence-corrected chi connectivity index (χ0v) is 12.6. The Balaban J connectivity index is 2.21. The minimum Gasteiger partial charge on any atom is -0.481 e. The number of aliphatic carboxylic acids is 1. The van der Waals surface area contributed by atoms with Crippen LogP contribution in [0.1, 0.15) is 17.0 Å². The van der Waals surface area contributed by atoms with Gasteiger partial charge >= 0.3 is 5.97 Å². The number of morpholine rings is 1. The Morgan fingerprint density at radius 2 is 2.18 bits per heavy atom. The molecule has 1 aliphatic rings. The monoisotopic (exact) mass is 332 g/mol. The summed E-state index contributed by atoms with van der Waals surface area (Å²) in [6.45, 7) is 0.607. The minimum absolute atomic E-state index is 0.112. The van der Waals surface area contributed by atoms with E-state index in [1.54, 1.807) is 0 Å². The van der Waals surface area contributed by atoms with Gasteiger partial charge in [0.2, 0.25) is 5.09 Å². The van der Waals surface area contributed by atoms with Crippen LogP contribution in [-0.2, 0) is 19.6 Å². The molecule has 122 valence electrons. The molecule has 2 rings (SSSR count). The highest BCUT2D eigenvalue weighted by Gasteiger charge is 2.32. The Hall–Kier alpha value is -1.91. The van der Waals surface area contributed by atoms with Crippen LogP contribution in [0, 0.1) is 0 Å². The van der Waals surface area contributed by atoms with Crippen molar-refractivity contribution in [3.8, 4) is 0 Å². The molecule has 0 saturated carbocycles. The van der Waals surface area contributed by atoms with E-state index in [0.717, 1.165) is 0 Å². The summed E-state index contributed by atoms with van der Waals surface area (Å²) in [5.41, 5.74) is 0. The number of furan rings is 1. The van der Waals surface area contributed by atoms with Crippen molar-refractivity contribution in [1.29, 1.82) is 0 Å². The molecular weight excluding hydrogens is 316 g/mol. The maximum Gasteiger partial charge on any atom is 0.305 e. The molecule has 9 nitrogen and oxygen atoms in total. The van der Waals surface area contributed by atoms with E-state index in [0.29, 0.717) is 0 Å². The quantitative estimate of drug-likeness (QED) is 0.744. The lowest BCUT2D eigenvalue weighted by molar-refractivity contribution is -0.139. The van der Waals surface area contributed by atoms with E-state index in [2.05, 4.69) is 4.72 Å². The normalized spacial score (nSPS) is 19.1. The molecule has 1 atom stereocenters. The SMILES string of the molecule is CNS(=O)(=O)c1ccc(C(=O)N2CCOCC2CC(=O)O)o1. The second-order valence-corrected chi connectivity index (χ2v) is 6.47. The van der Waals surface area contributed by atoms with Gasteiger partial charge in [0.1, 0.15) is 0 Å². The van der Waals surface area contributed by atoms with Gasteiger partial charge in [-0.15, -0.1) is 0 Å². The molecule has 1 aromatic rings. The number of carbonyl (C=O) groups is 2. The number of hydrogen-bond acceptors (Lipinski definition) is 6. The molecule has 0 aliphatic carbocycles. The largest absolute Gasteiger partial charge is 0.481 e. The first kappa shape index (κ1) is 16.5. The van der Waals surface area contributed by atoms with E-state index >= 15 is 0 Å². The summed E-state index contributed by atoms with van der Waals surface area (Å²) in [7, 11) is -2.55. The van der Waals surface area contributed by atoms with E-state index < -0.39 is 27.9 Å². The Kier molecular flexibility index (Phi) is 4.84. The van der Waals surface area contributed by atoms with Crippen LogP contribution < -0.4 is 4.72 Å². The summed E-state index contributed by atoms with van der Waals surface area (Å²) >= 11 is 0. The number of ether oxygens (including phenoxy) is 1. The number of nitrogens with one attached hydrogen (secondary N) is 1. The third kappa shape index (κ3) is 3.46.